The Morgan fingerprint density at radius 2 is 0.847 bits per heavy atom. The van der Waals surface area contributed by atoms with Crippen LogP contribution >= 0.6 is 23.2 Å². The Bertz CT molecular complexity index is 2260. The van der Waals surface area contributed by atoms with Crippen molar-refractivity contribution in [2.75, 3.05) is 27.4 Å². The van der Waals surface area contributed by atoms with Crippen LogP contribution in [0.4, 0.5) is 26.3 Å². The minimum absolute atomic E-state index is 0.0599. The highest BCUT2D eigenvalue weighted by molar-refractivity contribution is 6.31. The molecule has 4 rings (SSSR count). The molecule has 0 saturated heterocycles. The Labute approximate surface area is 421 Å². The van der Waals surface area contributed by atoms with E-state index in [9.17, 15) is 65.9 Å². The van der Waals surface area contributed by atoms with E-state index < -0.39 is 96.9 Å². The van der Waals surface area contributed by atoms with Crippen LogP contribution in [-0.4, -0.2) is 106 Å². The summed E-state index contributed by atoms with van der Waals surface area (Å²) in [6.07, 6.45) is -16.8. The molecule has 0 aromatic heterocycles. The van der Waals surface area contributed by atoms with Crippen molar-refractivity contribution in [2.45, 2.75) is 113 Å². The number of hydrogen-bond donors (Lipinski definition) is 4. The van der Waals surface area contributed by atoms with Crippen LogP contribution in [0.5, 0.6) is 11.5 Å². The van der Waals surface area contributed by atoms with Gasteiger partial charge in [0, 0.05) is 10.0 Å². The second-order valence-corrected chi connectivity index (χ2v) is 16.9. The SMILES string of the molecule is CCCC[C@](O)([C@H](OC(=O)c1cccc(Cl)c1)c1ccc(OC)cc1)[C@@](O)(C(=O)OCC)C(F)(F)F.CCCC[C@](O)([C@H](OC(=O)c1cccc(Cl)c1)c1ccc(OC)cc1)[C@@](O)(C(=O)OCC)C(F)(F)F. The predicted molar refractivity (Wildman–Crippen MR) is 249 cm³/mol. The van der Waals surface area contributed by atoms with Crippen molar-refractivity contribution < 1.29 is 94.4 Å². The maximum Gasteiger partial charge on any atom is 0.431 e. The highest BCUT2D eigenvalue weighted by atomic mass is 35.5. The molecule has 4 aromatic rings. The average molecular weight is 1070 g/mol. The van der Waals surface area contributed by atoms with Gasteiger partial charge in [0.15, 0.2) is 23.4 Å². The Morgan fingerprint density at radius 3 is 1.10 bits per heavy atom. The minimum Gasteiger partial charge on any atom is -0.497 e. The Kier molecular flexibility index (Phi) is 21.8. The lowest BCUT2D eigenvalue weighted by Crippen LogP contribution is -2.70. The summed E-state index contributed by atoms with van der Waals surface area (Å²) in [4.78, 5) is 51.3. The third-order valence-corrected chi connectivity index (χ3v) is 11.8. The van der Waals surface area contributed by atoms with Crippen molar-refractivity contribution in [3.05, 3.63) is 129 Å². The standard InChI is InChI=1S/2C25H28ClF3O7/c2*1-4-6-14-23(32,24(33,25(27,28)29)22(31)35-5-2)20(16-10-12-19(34-3)13-11-16)36-21(30)17-8-7-9-18(26)15-17/h2*7-13,15,20,32-33H,4-6,14H2,1-3H3/t2*20-,23+,24+/m11/s1. The number of carbonyl (C=O) groups is 4. The summed E-state index contributed by atoms with van der Waals surface area (Å²) >= 11 is 11.8. The number of carbonyl (C=O) groups excluding carboxylic acids is 4. The van der Waals surface area contributed by atoms with Crippen molar-refractivity contribution in [3.8, 4) is 11.5 Å². The number of rotatable bonds is 22. The van der Waals surface area contributed by atoms with Crippen LogP contribution in [0, 0.1) is 0 Å². The summed E-state index contributed by atoms with van der Waals surface area (Å²) in [7, 11) is 2.73. The molecule has 0 spiro atoms. The molecule has 14 nitrogen and oxygen atoms in total. The van der Waals surface area contributed by atoms with Crippen LogP contribution in [0.1, 0.15) is 110 Å². The number of unbranched alkanes of at least 4 members (excludes halogenated alkanes) is 2. The highest BCUT2D eigenvalue weighted by Crippen LogP contribution is 2.52. The zero-order chi connectivity index (χ0) is 54.3. The molecule has 0 amide bonds. The van der Waals surface area contributed by atoms with Crippen molar-refractivity contribution in [1.82, 2.24) is 0 Å². The Morgan fingerprint density at radius 1 is 0.528 bits per heavy atom. The van der Waals surface area contributed by atoms with Gasteiger partial charge in [-0.15, -0.1) is 0 Å². The third kappa shape index (κ3) is 13.5. The van der Waals surface area contributed by atoms with Gasteiger partial charge in [0.25, 0.3) is 11.2 Å². The van der Waals surface area contributed by atoms with E-state index in [-0.39, 0.29) is 58.0 Å². The molecule has 0 fully saturated rings. The molecule has 396 valence electrons. The van der Waals surface area contributed by atoms with Gasteiger partial charge in [-0.25, -0.2) is 19.2 Å². The van der Waals surface area contributed by atoms with Crippen LogP contribution in [0.15, 0.2) is 97.1 Å². The van der Waals surface area contributed by atoms with E-state index in [4.69, 9.17) is 42.1 Å². The van der Waals surface area contributed by atoms with Crippen LogP contribution in [0.2, 0.25) is 10.0 Å². The molecular weight excluding hydrogens is 1010 g/mol. The summed E-state index contributed by atoms with van der Waals surface area (Å²) in [6, 6.07) is 21.4. The molecule has 4 N–H and O–H groups in total. The predicted octanol–water partition coefficient (Wildman–Crippen LogP) is 10.0. The fourth-order valence-corrected chi connectivity index (χ4v) is 7.84. The van der Waals surface area contributed by atoms with E-state index in [1.807, 2.05) is 0 Å². The maximum atomic E-state index is 14.4. The van der Waals surface area contributed by atoms with Gasteiger partial charge in [-0.3, -0.25) is 0 Å². The first-order valence-electron chi connectivity index (χ1n) is 22.3. The molecule has 0 aliphatic heterocycles. The number of halogens is 8. The van der Waals surface area contributed by atoms with Gasteiger partial charge in [0.2, 0.25) is 0 Å². The zero-order valence-corrected chi connectivity index (χ0v) is 41.5. The third-order valence-electron chi connectivity index (χ3n) is 11.3. The van der Waals surface area contributed by atoms with E-state index in [2.05, 4.69) is 9.47 Å². The van der Waals surface area contributed by atoms with E-state index >= 15 is 0 Å². The lowest BCUT2D eigenvalue weighted by Gasteiger charge is -2.46. The molecule has 4 aromatic carbocycles. The summed E-state index contributed by atoms with van der Waals surface area (Å²) in [5.41, 5.74) is -16.1. The number of aliphatic hydroxyl groups is 4. The van der Waals surface area contributed by atoms with Gasteiger partial charge in [-0.05, 0) is 98.5 Å². The van der Waals surface area contributed by atoms with Crippen LogP contribution < -0.4 is 9.47 Å². The van der Waals surface area contributed by atoms with Crippen LogP contribution in [-0.2, 0) is 28.5 Å². The topological polar surface area (TPSA) is 205 Å². The van der Waals surface area contributed by atoms with E-state index in [0.717, 1.165) is 0 Å². The summed E-state index contributed by atoms with van der Waals surface area (Å²) in [5.74, 6) is -5.86. The smallest absolute Gasteiger partial charge is 0.431 e. The van der Waals surface area contributed by atoms with Crippen molar-refractivity contribution in [1.29, 1.82) is 0 Å². The fraction of sp³-hybridized carbons (Fsp3) is 0.440. The molecule has 0 aliphatic carbocycles. The fourth-order valence-electron chi connectivity index (χ4n) is 7.46. The molecule has 22 heteroatoms. The largest absolute Gasteiger partial charge is 0.497 e. The molecule has 0 heterocycles. The molecular formula is C50H56Cl2F6O14. The van der Waals surface area contributed by atoms with Gasteiger partial charge in [-0.2, -0.15) is 26.3 Å². The quantitative estimate of drug-likeness (QED) is 0.0329. The highest BCUT2D eigenvalue weighted by Gasteiger charge is 2.76. The normalized spacial score (nSPS) is 15.8. The van der Waals surface area contributed by atoms with Gasteiger partial charge < -0.3 is 48.8 Å². The Hall–Kier alpha value is -5.64. The van der Waals surface area contributed by atoms with Crippen molar-refractivity contribution >= 4 is 47.1 Å². The number of ether oxygens (including phenoxy) is 6. The number of benzene rings is 4. The molecule has 0 unspecified atom stereocenters. The first-order valence-corrected chi connectivity index (χ1v) is 23.0. The zero-order valence-electron chi connectivity index (χ0n) is 39.9. The minimum atomic E-state index is -5.70. The number of alkyl halides is 6. The summed E-state index contributed by atoms with van der Waals surface area (Å²) in [5, 5.41) is 45.6. The van der Waals surface area contributed by atoms with Crippen LogP contribution in [0.25, 0.3) is 0 Å². The monoisotopic (exact) mass is 1060 g/mol. The molecule has 0 aliphatic rings. The first-order chi connectivity index (χ1) is 33.7. The van der Waals surface area contributed by atoms with E-state index in [0.29, 0.717) is 11.5 Å². The van der Waals surface area contributed by atoms with E-state index in [1.165, 1.54) is 125 Å². The second-order valence-electron chi connectivity index (χ2n) is 16.1. The van der Waals surface area contributed by atoms with Gasteiger partial charge >= 0.3 is 36.2 Å². The summed E-state index contributed by atoms with van der Waals surface area (Å²) in [6.45, 7) is 4.77. The number of esters is 4. The lowest BCUT2D eigenvalue weighted by molar-refractivity contribution is -0.329. The van der Waals surface area contributed by atoms with Gasteiger partial charge in [0.1, 0.15) is 11.5 Å². The average Bonchev–Trinajstić information content (AvgIpc) is 3.34. The number of methoxy groups -OCH3 is 2. The molecule has 0 bridgehead atoms. The Balaban J connectivity index is 0.000000380. The molecule has 0 saturated carbocycles. The summed E-state index contributed by atoms with van der Waals surface area (Å²) < 4.78 is 117. The first kappa shape index (κ1) is 60.7. The molecule has 6 atom stereocenters. The van der Waals surface area contributed by atoms with Crippen molar-refractivity contribution in [3.63, 3.8) is 0 Å². The van der Waals surface area contributed by atoms with Gasteiger partial charge in [0.05, 0.1) is 38.6 Å². The molecule has 0 radical (unpaired) electrons. The number of hydrogen-bond acceptors (Lipinski definition) is 14. The van der Waals surface area contributed by atoms with Gasteiger partial charge in [-0.1, -0.05) is 99.1 Å². The molecule has 72 heavy (non-hydrogen) atoms. The maximum absolute atomic E-state index is 14.4. The lowest BCUT2D eigenvalue weighted by atomic mass is 9.72. The van der Waals surface area contributed by atoms with Crippen LogP contribution in [0.3, 0.4) is 0 Å². The van der Waals surface area contributed by atoms with Crippen molar-refractivity contribution in [2.24, 2.45) is 0 Å². The second kappa shape index (κ2) is 25.8. The van der Waals surface area contributed by atoms with E-state index in [1.54, 1.807) is 13.8 Å².